The Labute approximate surface area is 178 Å². The van der Waals surface area contributed by atoms with Crippen molar-refractivity contribution in [1.82, 2.24) is 10.3 Å². The Hall–Kier alpha value is -1.76. The molecule has 1 amide bonds. The van der Waals surface area contributed by atoms with Gasteiger partial charge >= 0.3 is 0 Å². The second kappa shape index (κ2) is 8.54. The molecule has 6 heteroatoms. The summed E-state index contributed by atoms with van der Waals surface area (Å²) in [7, 11) is 0. The van der Waals surface area contributed by atoms with Crippen LogP contribution >= 0.6 is 11.3 Å². The molecule has 0 bridgehead atoms. The van der Waals surface area contributed by atoms with E-state index in [2.05, 4.69) is 28.9 Å². The Morgan fingerprint density at radius 2 is 1.83 bits per heavy atom. The molecule has 2 heterocycles. The third kappa shape index (κ3) is 5.44. The molecular weight excluding hydrogens is 380 g/mol. The number of piperazine rings is 1. The van der Waals surface area contributed by atoms with Crippen LogP contribution in [0.4, 0.5) is 0 Å². The van der Waals surface area contributed by atoms with Crippen LogP contribution < -0.4 is 15.1 Å². The molecule has 1 fully saturated rings. The van der Waals surface area contributed by atoms with Crippen molar-refractivity contribution in [2.24, 2.45) is 0 Å². The zero-order valence-electron chi connectivity index (χ0n) is 17.9. The first-order valence-corrected chi connectivity index (χ1v) is 11.8. The highest BCUT2D eigenvalue weighted by Crippen LogP contribution is 2.28. The van der Waals surface area contributed by atoms with E-state index in [1.54, 1.807) is 16.2 Å². The molecular formula is C23H34N4OS+2. The first-order chi connectivity index (χ1) is 13.9. The van der Waals surface area contributed by atoms with Crippen molar-refractivity contribution in [2.45, 2.75) is 52.1 Å². The number of nitrogens with zero attached hydrogens (tertiary/aromatic N) is 1. The maximum Gasteiger partial charge on any atom is 0.275 e. The first kappa shape index (κ1) is 20.5. The van der Waals surface area contributed by atoms with Crippen LogP contribution in [-0.4, -0.2) is 49.2 Å². The lowest BCUT2D eigenvalue weighted by atomic mass is 10.1. The van der Waals surface area contributed by atoms with E-state index in [-0.39, 0.29) is 11.4 Å². The van der Waals surface area contributed by atoms with E-state index in [9.17, 15) is 4.79 Å². The van der Waals surface area contributed by atoms with Crippen molar-refractivity contribution in [3.8, 4) is 11.3 Å². The molecule has 0 atom stereocenters. The van der Waals surface area contributed by atoms with Crippen molar-refractivity contribution >= 4 is 17.2 Å². The van der Waals surface area contributed by atoms with Crippen LogP contribution in [0.2, 0.25) is 0 Å². The zero-order valence-corrected chi connectivity index (χ0v) is 18.8. The molecule has 0 saturated carbocycles. The summed E-state index contributed by atoms with van der Waals surface area (Å²) in [6.45, 7) is 12.0. The Kier molecular flexibility index (Phi) is 6.04. The van der Waals surface area contributed by atoms with Crippen molar-refractivity contribution < 1.29 is 14.6 Å². The van der Waals surface area contributed by atoms with Crippen LogP contribution in [0.3, 0.4) is 0 Å². The predicted octanol–water partition coefficient (Wildman–Crippen LogP) is 0.497. The highest BCUT2D eigenvalue weighted by Gasteiger charge is 2.26. The van der Waals surface area contributed by atoms with Gasteiger partial charge in [0, 0.05) is 16.5 Å². The molecule has 0 spiro atoms. The summed E-state index contributed by atoms with van der Waals surface area (Å²) in [6, 6.07) is 6.87. The fourth-order valence-electron chi connectivity index (χ4n) is 4.47. The molecule has 29 heavy (non-hydrogen) atoms. The quantitative estimate of drug-likeness (QED) is 0.667. The van der Waals surface area contributed by atoms with Gasteiger partial charge in [-0.25, -0.2) is 4.98 Å². The highest BCUT2D eigenvalue weighted by molar-refractivity contribution is 7.09. The predicted molar refractivity (Wildman–Crippen MR) is 117 cm³/mol. The second-order valence-corrected chi connectivity index (χ2v) is 10.6. The Bertz CT molecular complexity index is 862. The van der Waals surface area contributed by atoms with Crippen LogP contribution in [-0.2, 0) is 24.2 Å². The van der Waals surface area contributed by atoms with Crippen LogP contribution in [0.1, 0.15) is 43.3 Å². The number of hydrogen-bond donors (Lipinski definition) is 3. The van der Waals surface area contributed by atoms with Gasteiger partial charge in [0.05, 0.1) is 5.69 Å². The smallest absolute Gasteiger partial charge is 0.275 e. The number of quaternary nitrogens is 2. The summed E-state index contributed by atoms with van der Waals surface area (Å²) in [5, 5.41) is 6.51. The van der Waals surface area contributed by atoms with Crippen LogP contribution in [0.25, 0.3) is 11.3 Å². The number of carbonyl (C=O) groups is 1. The molecule has 4 rings (SSSR count). The monoisotopic (exact) mass is 414 g/mol. The molecule has 2 aromatic rings. The molecule has 1 aliphatic carbocycles. The highest BCUT2D eigenvalue weighted by atomic mass is 32.1. The number of aromatic nitrogens is 1. The largest absolute Gasteiger partial charge is 0.347 e. The third-order valence-electron chi connectivity index (χ3n) is 5.94. The number of thiazole rings is 1. The minimum Gasteiger partial charge on any atom is -0.347 e. The summed E-state index contributed by atoms with van der Waals surface area (Å²) >= 11 is 1.79. The number of hydrogen-bond acceptors (Lipinski definition) is 3. The van der Waals surface area contributed by atoms with Crippen LogP contribution in [0, 0.1) is 0 Å². The lowest BCUT2D eigenvalue weighted by molar-refractivity contribution is -1.02. The number of benzene rings is 1. The Morgan fingerprint density at radius 1 is 1.10 bits per heavy atom. The van der Waals surface area contributed by atoms with E-state index < -0.39 is 0 Å². The zero-order chi connectivity index (χ0) is 20.4. The summed E-state index contributed by atoms with van der Waals surface area (Å²) in [5.74, 6) is 0.162. The van der Waals surface area contributed by atoms with E-state index >= 15 is 0 Å². The van der Waals surface area contributed by atoms with Crippen molar-refractivity contribution in [2.75, 3.05) is 32.7 Å². The average molecular weight is 415 g/mol. The minimum atomic E-state index is -0.148. The van der Waals surface area contributed by atoms with Crippen LogP contribution in [0.15, 0.2) is 23.6 Å². The van der Waals surface area contributed by atoms with E-state index in [4.69, 9.17) is 4.98 Å². The number of carbonyl (C=O) groups excluding carboxylic acids is 1. The van der Waals surface area contributed by atoms with E-state index in [1.165, 1.54) is 45.9 Å². The number of nitrogens with one attached hydrogen (secondary N) is 3. The number of amides is 1. The summed E-state index contributed by atoms with van der Waals surface area (Å²) in [6.07, 6.45) is 3.73. The normalized spacial score (nSPS) is 21.8. The van der Waals surface area contributed by atoms with Gasteiger partial charge in [-0.05, 0) is 57.2 Å². The fourth-order valence-corrected chi connectivity index (χ4v) is 5.34. The van der Waals surface area contributed by atoms with Gasteiger partial charge in [-0.15, -0.1) is 11.3 Å². The SMILES string of the molecule is CC(C)(C)NC(=O)C[NH+]1CC[NH+](Cc2nc(-c3ccc4c(c3)CCC4)cs2)CC1. The molecule has 2 aliphatic rings. The molecule has 0 unspecified atom stereocenters. The first-order valence-electron chi connectivity index (χ1n) is 10.9. The van der Waals surface area contributed by atoms with Gasteiger partial charge in [0.25, 0.3) is 5.91 Å². The minimum absolute atomic E-state index is 0.148. The van der Waals surface area contributed by atoms with Gasteiger partial charge in [-0.2, -0.15) is 0 Å². The third-order valence-corrected chi connectivity index (χ3v) is 6.79. The lowest BCUT2D eigenvalue weighted by Gasteiger charge is -2.29. The summed E-state index contributed by atoms with van der Waals surface area (Å²) in [5.41, 5.74) is 5.28. The van der Waals surface area contributed by atoms with Gasteiger partial charge in [-0.1, -0.05) is 12.1 Å². The van der Waals surface area contributed by atoms with Gasteiger partial charge < -0.3 is 15.1 Å². The summed E-state index contributed by atoms with van der Waals surface area (Å²) in [4.78, 5) is 20.1. The standard InChI is InChI=1S/C23H32N4OS/c1-23(2,3)25-21(28)14-26-9-11-27(12-10-26)15-22-24-20(16-29-22)19-8-7-17-5-4-6-18(17)13-19/h7-8,13,16H,4-6,9-12,14-15H2,1-3H3,(H,25,28)/p+2. The van der Waals surface area contributed by atoms with Crippen molar-refractivity contribution in [3.63, 3.8) is 0 Å². The van der Waals surface area contributed by atoms with Gasteiger partial charge in [0.15, 0.2) is 6.54 Å². The second-order valence-electron chi connectivity index (χ2n) is 9.62. The van der Waals surface area contributed by atoms with E-state index in [0.29, 0.717) is 6.54 Å². The maximum atomic E-state index is 12.2. The molecule has 1 aromatic carbocycles. The lowest BCUT2D eigenvalue weighted by Crippen LogP contribution is -3.28. The van der Waals surface area contributed by atoms with Crippen molar-refractivity contribution in [3.05, 3.63) is 39.7 Å². The summed E-state index contributed by atoms with van der Waals surface area (Å²) < 4.78 is 0. The average Bonchev–Trinajstić information content (AvgIpc) is 3.30. The molecule has 156 valence electrons. The molecule has 1 saturated heterocycles. The molecule has 3 N–H and O–H groups in total. The molecule has 1 aliphatic heterocycles. The maximum absolute atomic E-state index is 12.2. The van der Waals surface area contributed by atoms with Gasteiger partial charge in [0.1, 0.15) is 37.7 Å². The molecule has 0 radical (unpaired) electrons. The molecule has 1 aromatic heterocycles. The van der Waals surface area contributed by atoms with Gasteiger partial charge in [-0.3, -0.25) is 4.79 Å². The number of aryl methyl sites for hydroxylation is 2. The van der Waals surface area contributed by atoms with Crippen LogP contribution in [0.5, 0.6) is 0 Å². The number of rotatable bonds is 5. The van der Waals surface area contributed by atoms with Gasteiger partial charge in [0.2, 0.25) is 0 Å². The van der Waals surface area contributed by atoms with E-state index in [0.717, 1.165) is 38.4 Å². The Balaban J connectivity index is 1.28. The number of fused-ring (bicyclic) bond motifs is 1. The van der Waals surface area contributed by atoms with E-state index in [1.807, 2.05) is 20.8 Å². The Morgan fingerprint density at radius 3 is 2.59 bits per heavy atom. The van der Waals surface area contributed by atoms with Crippen molar-refractivity contribution in [1.29, 1.82) is 0 Å². The molecule has 5 nitrogen and oxygen atoms in total. The fraction of sp³-hybridized carbons (Fsp3) is 0.565. The topological polar surface area (TPSA) is 50.9 Å².